The minimum absolute atomic E-state index is 0.00988. The summed E-state index contributed by atoms with van der Waals surface area (Å²) in [6.07, 6.45) is 14.8. The second kappa shape index (κ2) is 42.3. The van der Waals surface area contributed by atoms with Crippen LogP contribution >= 0.6 is 0 Å². The van der Waals surface area contributed by atoms with Crippen LogP contribution in [0, 0.1) is 269 Å². The number of alkyl carbamates (subject to hydrolysis) is 2. The van der Waals surface area contributed by atoms with E-state index < -0.39 is 29.8 Å². The van der Waals surface area contributed by atoms with Gasteiger partial charge in [0.25, 0.3) is 0 Å². The Morgan fingerprint density at radius 2 is 0.929 bits per heavy atom. The van der Waals surface area contributed by atoms with Gasteiger partial charge < -0.3 is 43.5 Å². The van der Waals surface area contributed by atoms with E-state index >= 15 is 0 Å². The van der Waals surface area contributed by atoms with Gasteiger partial charge in [-0.2, -0.15) is 0 Å². The Bertz CT molecular complexity index is 5250. The fraction of sp³-hybridized carbons (Fsp3) is 0.161. The molecule has 0 saturated carbocycles. The Balaban J connectivity index is 1.10. The largest absolute Gasteiger partial charge is 0.489 e. The van der Waals surface area contributed by atoms with Gasteiger partial charge >= 0.3 is 18.2 Å². The fourth-order valence-corrected chi connectivity index (χ4v) is 8.08. The minimum atomic E-state index is -1.10. The summed E-state index contributed by atoms with van der Waals surface area (Å²) >= 11 is 0. The van der Waals surface area contributed by atoms with Crippen LogP contribution in [-0.2, 0) is 32.2 Å². The van der Waals surface area contributed by atoms with Crippen LogP contribution in [-0.4, -0.2) is 43.0 Å². The third-order valence-corrected chi connectivity index (χ3v) is 12.0. The van der Waals surface area contributed by atoms with Crippen molar-refractivity contribution < 1.29 is 47.2 Å². The van der Waals surface area contributed by atoms with Crippen molar-refractivity contribution in [2.24, 2.45) is 0 Å². The average molecular weight is 1280 g/mol. The molecule has 0 aliphatic heterocycles. The number of amides is 2. The number of rotatable bonds is 16. The molecule has 0 unspecified atom stereocenters. The van der Waals surface area contributed by atoms with Crippen molar-refractivity contribution in [3.63, 3.8) is 0 Å². The van der Waals surface area contributed by atoms with E-state index in [1.54, 1.807) is 51.1 Å². The first-order valence-corrected chi connectivity index (χ1v) is 29.2. The topological polar surface area (TPSA) is 144 Å². The molecule has 2 amide bonds. The Hall–Kier alpha value is -15.9. The van der Waals surface area contributed by atoms with E-state index in [0.717, 1.165) is 33.2 Å². The smallest absolute Gasteiger partial charge is 0.407 e. The number of fused-ring (bicyclic) bond motifs is 4. The quantitative estimate of drug-likeness (QED) is 0.0426. The van der Waals surface area contributed by atoms with E-state index in [2.05, 4.69) is 260 Å². The number of hydrogen-bond acceptors (Lipinski definition) is 10. The number of carbonyl (C=O) groups is 3. The molecule has 99 heavy (non-hydrogen) atoms. The fourth-order valence-electron chi connectivity index (χ4n) is 8.08. The second-order valence-corrected chi connectivity index (χ2v) is 19.9. The molecule has 1 atom stereocenters. The van der Waals surface area contributed by atoms with Crippen molar-refractivity contribution in [3.8, 4) is 290 Å². The zero-order valence-corrected chi connectivity index (χ0v) is 53.4. The summed E-state index contributed by atoms with van der Waals surface area (Å²) in [5.74, 6) is 99.8. The summed E-state index contributed by atoms with van der Waals surface area (Å²) in [5, 5.41) is 6.20. The number of esters is 1. The molecule has 2 N–H and O–H groups in total. The van der Waals surface area contributed by atoms with Crippen molar-refractivity contribution in [1.82, 2.24) is 10.6 Å². The molecule has 1 aliphatic rings. The van der Waals surface area contributed by atoms with Crippen LogP contribution in [0.4, 0.5) is 9.59 Å². The number of furan rings is 1. The van der Waals surface area contributed by atoms with E-state index in [4.69, 9.17) is 45.7 Å². The normalized spacial score (nSPS) is 8.91. The summed E-state index contributed by atoms with van der Waals surface area (Å²) in [6.45, 7) is 7.23. The Kier molecular flexibility index (Phi) is 30.8. The van der Waals surface area contributed by atoms with E-state index in [1.165, 1.54) is 0 Å². The van der Waals surface area contributed by atoms with Gasteiger partial charge in [0.15, 0.2) is 0 Å². The van der Waals surface area contributed by atoms with Crippen molar-refractivity contribution in [1.29, 1.82) is 0 Å². The second-order valence-electron chi connectivity index (χ2n) is 19.9. The van der Waals surface area contributed by atoms with Gasteiger partial charge in [-0.25, -0.2) is 14.4 Å². The highest BCUT2D eigenvalue weighted by Gasteiger charge is 2.30. The SMILES string of the molecule is C#CC#CC#CC#CC#CC#CC#CC#CC#CC#CC#COc1cc(COc2ccc3c(C)c(COC(=O)[C@H](CCCCNC(=O)OC(C)(C)C)NC(=O)OCC4c5ccccc5-c5ccccc54)oc3c2)cc(OC#CC#CC#CC#CC#CC#CC#CC#CC#CC#CC#C)c1. The number of benzene rings is 4. The minimum Gasteiger partial charge on any atom is -0.489 e. The summed E-state index contributed by atoms with van der Waals surface area (Å²) in [6, 6.07) is 25.1. The number of carbonyl (C=O) groups excluding carboxylic acids is 3. The summed E-state index contributed by atoms with van der Waals surface area (Å²) in [5.41, 5.74) is 5.33. The van der Waals surface area contributed by atoms with Crippen LogP contribution in [0.2, 0.25) is 0 Å². The molecule has 0 bridgehead atoms. The summed E-state index contributed by atoms with van der Waals surface area (Å²) < 4.78 is 40.8. The maximum Gasteiger partial charge on any atom is 0.407 e. The summed E-state index contributed by atoms with van der Waals surface area (Å²) in [7, 11) is 0. The molecule has 12 nitrogen and oxygen atoms in total. The highest BCUT2D eigenvalue weighted by Crippen LogP contribution is 2.44. The van der Waals surface area contributed by atoms with Gasteiger partial charge in [-0.05, 0) is 194 Å². The monoisotopic (exact) mass is 1280 g/mol. The summed E-state index contributed by atoms with van der Waals surface area (Å²) in [4.78, 5) is 39.7. The van der Waals surface area contributed by atoms with Crippen LogP contribution in [0.15, 0.2) is 89.3 Å². The van der Waals surface area contributed by atoms with Crippen LogP contribution in [0.1, 0.15) is 74.0 Å². The van der Waals surface area contributed by atoms with Gasteiger partial charge in [-0.3, -0.25) is 0 Å². The van der Waals surface area contributed by atoms with Crippen LogP contribution < -0.4 is 24.8 Å². The Morgan fingerprint density at radius 1 is 0.495 bits per heavy atom. The predicted octanol–water partition coefficient (Wildman–Crippen LogP) is 8.97. The molecule has 1 aromatic heterocycles. The van der Waals surface area contributed by atoms with Crippen molar-refractivity contribution in [3.05, 3.63) is 113 Å². The number of ether oxygens (including phenoxy) is 6. The molecule has 0 radical (unpaired) electrons. The van der Waals surface area contributed by atoms with Gasteiger partial charge in [0.1, 0.15) is 72.3 Å². The van der Waals surface area contributed by atoms with Gasteiger partial charge in [0.05, 0.1) is 0 Å². The van der Waals surface area contributed by atoms with E-state index in [-0.39, 0.29) is 50.2 Å². The zero-order chi connectivity index (χ0) is 70.2. The molecule has 464 valence electrons. The van der Waals surface area contributed by atoms with E-state index in [1.807, 2.05) is 61.5 Å². The lowest BCUT2D eigenvalue weighted by Crippen LogP contribution is -2.42. The lowest BCUT2D eigenvalue weighted by molar-refractivity contribution is -0.148. The first-order valence-electron chi connectivity index (χ1n) is 29.2. The molecule has 4 aromatic carbocycles. The number of aryl methyl sites for hydroxylation is 1. The molecule has 12 heteroatoms. The number of terminal acetylenes is 2. The Morgan fingerprint density at radius 3 is 1.37 bits per heavy atom. The van der Waals surface area contributed by atoms with Crippen molar-refractivity contribution >= 4 is 29.1 Å². The number of unbranched alkanes of at least 4 members (excludes halogenated alkanes) is 1. The van der Waals surface area contributed by atoms with Crippen LogP contribution in [0.3, 0.4) is 0 Å². The maximum absolute atomic E-state index is 13.9. The Labute approximate surface area is 578 Å². The van der Waals surface area contributed by atoms with Gasteiger partial charge in [-0.15, -0.1) is 12.8 Å². The molecule has 0 saturated heterocycles. The van der Waals surface area contributed by atoms with E-state index in [0.29, 0.717) is 35.5 Å². The molecule has 1 heterocycles. The third-order valence-electron chi connectivity index (χ3n) is 12.0. The van der Waals surface area contributed by atoms with Gasteiger partial charge in [0, 0.05) is 178 Å². The maximum atomic E-state index is 13.9. The van der Waals surface area contributed by atoms with Gasteiger partial charge in [0.2, 0.25) is 0 Å². The van der Waals surface area contributed by atoms with E-state index in [9.17, 15) is 14.4 Å². The van der Waals surface area contributed by atoms with Crippen molar-refractivity contribution in [2.45, 2.75) is 77.7 Å². The number of nitrogens with one attached hydrogen (secondary N) is 2. The highest BCUT2D eigenvalue weighted by atomic mass is 16.6. The molecule has 0 fully saturated rings. The number of hydrogen-bond donors (Lipinski definition) is 2. The highest BCUT2D eigenvalue weighted by molar-refractivity contribution is 5.84. The molecular weight excluding hydrogens is 1230 g/mol. The van der Waals surface area contributed by atoms with Gasteiger partial charge in [-0.1, -0.05) is 48.5 Å². The molecule has 1 aliphatic carbocycles. The lowest BCUT2D eigenvalue weighted by atomic mass is 9.98. The molecule has 0 spiro atoms. The molecular formula is C87H46N2O10. The zero-order valence-electron chi connectivity index (χ0n) is 53.4. The lowest BCUT2D eigenvalue weighted by Gasteiger charge is -2.20. The first kappa shape index (κ1) is 72.2. The van der Waals surface area contributed by atoms with Crippen LogP contribution in [0.5, 0.6) is 17.2 Å². The standard InChI is InChI=1S/C87H46N2O10/c1-7-9-11-13-15-17-19-21-23-25-27-29-31-33-35-37-39-41-43-51-61-93-73-63-71(64-74(65-73)94-62-52-44-42-40-38-36-34-32-30-28-26-24-22-20-18-16-14-12-10-8-2)67-95-72-58-59-75-70(3)83(98-82(75)66-72)69-96-84(90)81(57-49-50-60-88-85(91)99-87(4,5)6)89-86(92)97-68-80-78-55-47-45-53-76(78)77-54-46-48-56-79(77)80/h1-2,45-48,53-56,58-59,63-66,80-81H,49-50,57,60,67-69H2,3-6H3,(H,88,91)(H,89,92)/t81-/m0/s1. The van der Waals surface area contributed by atoms with Crippen LogP contribution in [0.25, 0.3) is 22.1 Å². The third kappa shape index (κ3) is 28.1. The molecule has 6 rings (SSSR count). The predicted molar refractivity (Wildman–Crippen MR) is 376 cm³/mol. The average Bonchev–Trinajstić information content (AvgIpc) is 1.62. The first-order chi connectivity index (χ1) is 48.4. The van der Waals surface area contributed by atoms with Crippen molar-refractivity contribution in [2.75, 3.05) is 13.2 Å². The molecule has 5 aromatic rings.